The molecule has 1 unspecified atom stereocenters. The van der Waals surface area contributed by atoms with E-state index in [1.54, 1.807) is 11.3 Å². The first kappa shape index (κ1) is 16.0. The van der Waals surface area contributed by atoms with E-state index in [0.29, 0.717) is 16.9 Å². The first-order chi connectivity index (χ1) is 11.2. The highest BCUT2D eigenvalue weighted by molar-refractivity contribution is 7.99. The predicted molar refractivity (Wildman–Crippen MR) is 91.0 cm³/mol. The average Bonchev–Trinajstić information content (AvgIpc) is 3.23. The third kappa shape index (κ3) is 4.57. The van der Waals surface area contributed by atoms with Crippen LogP contribution in [0.1, 0.15) is 5.56 Å². The lowest BCUT2D eigenvalue weighted by Gasteiger charge is -2.11. The third-order valence-corrected chi connectivity index (χ3v) is 4.82. The quantitative estimate of drug-likeness (QED) is 0.658. The maximum Gasteiger partial charge on any atom is 0.276 e. The highest BCUT2D eigenvalue weighted by atomic mass is 32.2. The van der Waals surface area contributed by atoms with Crippen molar-refractivity contribution in [1.82, 2.24) is 10.2 Å². The normalized spacial score (nSPS) is 12.3. The minimum Gasteiger partial charge on any atom is -0.491 e. The van der Waals surface area contributed by atoms with Crippen LogP contribution in [-0.4, -0.2) is 33.8 Å². The molecule has 1 atom stereocenters. The number of aliphatic hydroxyl groups is 1. The molecule has 120 valence electrons. The molecule has 5 nitrogen and oxygen atoms in total. The lowest BCUT2D eigenvalue weighted by Crippen LogP contribution is -2.20. The lowest BCUT2D eigenvalue weighted by molar-refractivity contribution is 0.126. The van der Waals surface area contributed by atoms with Gasteiger partial charge in [0.2, 0.25) is 0 Å². The average molecular weight is 348 g/mol. The maximum absolute atomic E-state index is 9.98. The molecule has 0 saturated heterocycles. The van der Waals surface area contributed by atoms with Crippen molar-refractivity contribution in [3.63, 3.8) is 0 Å². The van der Waals surface area contributed by atoms with Gasteiger partial charge in [0.15, 0.2) is 0 Å². The zero-order valence-corrected chi connectivity index (χ0v) is 14.1. The van der Waals surface area contributed by atoms with Crippen LogP contribution in [0.5, 0.6) is 5.75 Å². The highest BCUT2D eigenvalue weighted by Gasteiger charge is 2.12. The van der Waals surface area contributed by atoms with Gasteiger partial charge in [-0.2, -0.15) is 0 Å². The summed E-state index contributed by atoms with van der Waals surface area (Å²) in [5.41, 5.74) is 1.17. The summed E-state index contributed by atoms with van der Waals surface area (Å²) in [5, 5.41) is 20.4. The van der Waals surface area contributed by atoms with E-state index in [4.69, 9.17) is 9.15 Å². The van der Waals surface area contributed by atoms with Gasteiger partial charge in [0.05, 0.1) is 11.0 Å². The number of hydrogen-bond acceptors (Lipinski definition) is 7. The highest BCUT2D eigenvalue weighted by Crippen LogP contribution is 2.26. The molecule has 0 fully saturated rings. The molecular weight excluding hydrogens is 332 g/mol. The van der Waals surface area contributed by atoms with Gasteiger partial charge in [-0.1, -0.05) is 35.5 Å². The fraction of sp³-hybridized carbons (Fsp3) is 0.250. The van der Waals surface area contributed by atoms with Crippen molar-refractivity contribution in [2.45, 2.75) is 18.3 Å². The summed E-state index contributed by atoms with van der Waals surface area (Å²) in [4.78, 5) is 0.938. The van der Waals surface area contributed by atoms with Gasteiger partial charge in [-0.3, -0.25) is 0 Å². The van der Waals surface area contributed by atoms with Crippen molar-refractivity contribution < 1.29 is 14.3 Å². The Labute approximate surface area is 142 Å². The Bertz CT molecular complexity index is 726. The number of nitrogens with zero attached hydrogens (tertiary/aromatic N) is 2. The van der Waals surface area contributed by atoms with E-state index in [-0.39, 0.29) is 6.61 Å². The largest absolute Gasteiger partial charge is 0.491 e. The van der Waals surface area contributed by atoms with Gasteiger partial charge in [-0.25, -0.2) is 0 Å². The fourth-order valence-corrected chi connectivity index (χ4v) is 3.12. The predicted octanol–water partition coefficient (Wildman–Crippen LogP) is 3.64. The van der Waals surface area contributed by atoms with E-state index in [2.05, 4.69) is 10.2 Å². The van der Waals surface area contributed by atoms with Gasteiger partial charge in [-0.05, 0) is 30.5 Å². The standard InChI is InChI=1S/C16H16N2O3S2/c1-11-4-6-13(7-5-11)20-9-12(19)10-23-16-18-17-15(21-16)14-3-2-8-22-14/h2-8,12,19H,9-10H2,1H3. The van der Waals surface area contributed by atoms with Crippen LogP contribution >= 0.6 is 23.1 Å². The molecular formula is C16H16N2O3S2. The van der Waals surface area contributed by atoms with Gasteiger partial charge in [-0.15, -0.1) is 21.5 Å². The smallest absolute Gasteiger partial charge is 0.276 e. The van der Waals surface area contributed by atoms with E-state index in [0.717, 1.165) is 10.6 Å². The first-order valence-corrected chi connectivity index (χ1v) is 8.95. The SMILES string of the molecule is Cc1ccc(OCC(O)CSc2nnc(-c3cccs3)o2)cc1. The Morgan fingerprint density at radius 2 is 2.09 bits per heavy atom. The summed E-state index contributed by atoms with van der Waals surface area (Å²) in [6.45, 7) is 2.24. The molecule has 0 saturated carbocycles. The van der Waals surface area contributed by atoms with Gasteiger partial charge in [0.1, 0.15) is 12.4 Å². The monoisotopic (exact) mass is 348 g/mol. The summed E-state index contributed by atoms with van der Waals surface area (Å²) in [5.74, 6) is 1.68. The minimum atomic E-state index is -0.613. The number of rotatable bonds is 7. The van der Waals surface area contributed by atoms with Crippen molar-refractivity contribution >= 4 is 23.1 Å². The fourth-order valence-electron chi connectivity index (χ4n) is 1.81. The number of aromatic nitrogens is 2. The molecule has 1 aromatic carbocycles. The van der Waals surface area contributed by atoms with Crippen LogP contribution in [0.2, 0.25) is 0 Å². The second-order valence-corrected chi connectivity index (χ2v) is 6.86. The lowest BCUT2D eigenvalue weighted by atomic mass is 10.2. The number of benzene rings is 1. The molecule has 23 heavy (non-hydrogen) atoms. The van der Waals surface area contributed by atoms with Crippen LogP contribution in [0.4, 0.5) is 0 Å². The van der Waals surface area contributed by atoms with Gasteiger partial charge in [0.25, 0.3) is 11.1 Å². The topological polar surface area (TPSA) is 68.4 Å². The Morgan fingerprint density at radius 1 is 1.26 bits per heavy atom. The summed E-state index contributed by atoms with van der Waals surface area (Å²) < 4.78 is 11.1. The summed E-state index contributed by atoms with van der Waals surface area (Å²) >= 11 is 2.86. The number of hydrogen-bond donors (Lipinski definition) is 1. The Balaban J connectivity index is 1.45. The van der Waals surface area contributed by atoms with Crippen molar-refractivity contribution in [1.29, 1.82) is 0 Å². The molecule has 0 aliphatic rings. The van der Waals surface area contributed by atoms with Crippen LogP contribution in [0.15, 0.2) is 51.4 Å². The molecule has 0 aliphatic heterocycles. The second kappa shape index (κ2) is 7.63. The van der Waals surface area contributed by atoms with Crippen molar-refractivity contribution in [3.05, 3.63) is 47.3 Å². The number of thioether (sulfide) groups is 1. The third-order valence-electron chi connectivity index (χ3n) is 3.00. The van der Waals surface area contributed by atoms with E-state index >= 15 is 0 Å². The molecule has 2 aromatic heterocycles. The van der Waals surface area contributed by atoms with E-state index < -0.39 is 6.10 Å². The van der Waals surface area contributed by atoms with Crippen LogP contribution < -0.4 is 4.74 Å². The summed E-state index contributed by atoms with van der Waals surface area (Å²) in [6.07, 6.45) is -0.613. The summed E-state index contributed by atoms with van der Waals surface area (Å²) in [6, 6.07) is 11.6. The molecule has 0 bridgehead atoms. The van der Waals surface area contributed by atoms with Crippen molar-refractivity contribution in [3.8, 4) is 16.5 Å². The molecule has 0 aliphatic carbocycles. The van der Waals surface area contributed by atoms with E-state index in [9.17, 15) is 5.11 Å². The van der Waals surface area contributed by atoms with Crippen LogP contribution in [-0.2, 0) is 0 Å². The summed E-state index contributed by atoms with van der Waals surface area (Å²) in [7, 11) is 0. The zero-order valence-electron chi connectivity index (χ0n) is 12.5. The Kier molecular flexibility index (Phi) is 5.32. The first-order valence-electron chi connectivity index (χ1n) is 7.08. The van der Waals surface area contributed by atoms with Crippen molar-refractivity contribution in [2.75, 3.05) is 12.4 Å². The molecule has 0 amide bonds. The number of aryl methyl sites for hydroxylation is 1. The zero-order chi connectivity index (χ0) is 16.1. The number of thiophene rings is 1. The molecule has 3 rings (SSSR count). The van der Waals surface area contributed by atoms with Crippen LogP contribution in [0, 0.1) is 6.92 Å². The van der Waals surface area contributed by atoms with Gasteiger partial charge in [0, 0.05) is 5.75 Å². The molecule has 3 aromatic rings. The van der Waals surface area contributed by atoms with Gasteiger partial charge < -0.3 is 14.3 Å². The molecule has 0 radical (unpaired) electrons. The Hall–Kier alpha value is -1.83. The molecule has 1 N–H and O–H groups in total. The number of aliphatic hydroxyl groups excluding tert-OH is 1. The van der Waals surface area contributed by atoms with E-state index in [1.165, 1.54) is 17.3 Å². The van der Waals surface area contributed by atoms with Gasteiger partial charge >= 0.3 is 0 Å². The number of ether oxygens (including phenoxy) is 1. The minimum absolute atomic E-state index is 0.224. The Morgan fingerprint density at radius 3 is 2.83 bits per heavy atom. The molecule has 7 heteroatoms. The molecule has 0 spiro atoms. The van der Waals surface area contributed by atoms with Crippen molar-refractivity contribution in [2.24, 2.45) is 0 Å². The second-order valence-electron chi connectivity index (χ2n) is 4.94. The van der Waals surface area contributed by atoms with E-state index in [1.807, 2.05) is 48.7 Å². The molecule has 2 heterocycles. The maximum atomic E-state index is 9.98. The van der Waals surface area contributed by atoms with Crippen LogP contribution in [0.25, 0.3) is 10.8 Å². The van der Waals surface area contributed by atoms with Crippen LogP contribution in [0.3, 0.4) is 0 Å².